The molecule has 0 aliphatic heterocycles. The second-order valence-corrected chi connectivity index (χ2v) is 5.32. The molecule has 0 saturated carbocycles. The predicted octanol–water partition coefficient (Wildman–Crippen LogP) is 0.691. The minimum absolute atomic E-state index is 0.386. The molecule has 5 heteroatoms. The summed E-state index contributed by atoms with van der Waals surface area (Å²) in [5, 5.41) is 0. The van der Waals surface area contributed by atoms with Crippen LogP contribution in [0.2, 0.25) is 0 Å². The van der Waals surface area contributed by atoms with E-state index in [0.29, 0.717) is 13.1 Å². The number of likely N-dealkylation sites (N-methyl/N-ethyl adjacent to an activating group) is 1. The van der Waals surface area contributed by atoms with Crippen molar-refractivity contribution in [2.75, 3.05) is 27.2 Å². The summed E-state index contributed by atoms with van der Waals surface area (Å²) in [6.45, 7) is 8.17. The van der Waals surface area contributed by atoms with E-state index < -0.39 is 10.2 Å². The smallest absolute Gasteiger partial charge is 0.195 e. The Morgan fingerprint density at radius 3 is 2.08 bits per heavy atom. The van der Waals surface area contributed by atoms with Crippen LogP contribution in [0.3, 0.4) is 0 Å². The summed E-state index contributed by atoms with van der Waals surface area (Å²) in [4.78, 5) is 0. The van der Waals surface area contributed by atoms with Gasteiger partial charge in [-0.3, -0.25) is 0 Å². The number of hydrogen-bond donors (Lipinski definition) is 0. The molecule has 0 heterocycles. The van der Waals surface area contributed by atoms with Crippen LogP contribution < -0.4 is 0 Å². The standard InChI is InChI=1S/C8H18N2O2S/c1-6-10(7-8(2)3)13(11,12)9(4)5/h2,6-7H2,1,3-5H3. The maximum Gasteiger partial charge on any atom is 0.281 e. The lowest BCUT2D eigenvalue weighted by Gasteiger charge is -2.23. The van der Waals surface area contributed by atoms with Gasteiger partial charge in [-0.05, 0) is 6.92 Å². The highest BCUT2D eigenvalue weighted by Gasteiger charge is 2.22. The molecule has 13 heavy (non-hydrogen) atoms. The highest BCUT2D eigenvalue weighted by molar-refractivity contribution is 7.86. The van der Waals surface area contributed by atoms with Crippen LogP contribution in [0, 0.1) is 0 Å². The molecule has 0 N–H and O–H groups in total. The molecule has 0 radical (unpaired) electrons. The summed E-state index contributed by atoms with van der Waals surface area (Å²) in [5.74, 6) is 0. The number of nitrogens with zero attached hydrogens (tertiary/aromatic N) is 2. The summed E-state index contributed by atoms with van der Waals surface area (Å²) < 4.78 is 25.8. The van der Waals surface area contributed by atoms with Gasteiger partial charge < -0.3 is 0 Å². The molecule has 0 aliphatic rings. The lowest BCUT2D eigenvalue weighted by Crippen LogP contribution is -2.40. The second kappa shape index (κ2) is 4.74. The van der Waals surface area contributed by atoms with Gasteiger partial charge in [0.15, 0.2) is 0 Å². The number of rotatable bonds is 5. The SMILES string of the molecule is C=C(C)CN(CC)S(=O)(=O)N(C)C. The number of hydrogen-bond acceptors (Lipinski definition) is 2. The molecule has 0 aromatic heterocycles. The third kappa shape index (κ3) is 3.46. The van der Waals surface area contributed by atoms with E-state index in [1.807, 2.05) is 13.8 Å². The van der Waals surface area contributed by atoms with Crippen molar-refractivity contribution >= 4 is 10.2 Å². The average Bonchev–Trinajstić information content (AvgIpc) is 1.99. The Hall–Kier alpha value is -0.390. The molecular formula is C8H18N2O2S. The van der Waals surface area contributed by atoms with Crippen molar-refractivity contribution < 1.29 is 8.42 Å². The van der Waals surface area contributed by atoms with Crippen molar-refractivity contribution in [2.24, 2.45) is 0 Å². The van der Waals surface area contributed by atoms with Gasteiger partial charge in [0.25, 0.3) is 10.2 Å². The zero-order valence-corrected chi connectivity index (χ0v) is 9.56. The van der Waals surface area contributed by atoms with Gasteiger partial charge in [0.05, 0.1) is 0 Å². The van der Waals surface area contributed by atoms with Crippen LogP contribution >= 0.6 is 0 Å². The van der Waals surface area contributed by atoms with Crippen LogP contribution in [0.1, 0.15) is 13.8 Å². The second-order valence-electron chi connectivity index (χ2n) is 3.17. The van der Waals surface area contributed by atoms with Gasteiger partial charge in [-0.25, -0.2) is 0 Å². The topological polar surface area (TPSA) is 40.6 Å². The Morgan fingerprint density at radius 1 is 1.38 bits per heavy atom. The third-order valence-electron chi connectivity index (χ3n) is 1.59. The van der Waals surface area contributed by atoms with Crippen molar-refractivity contribution in [3.63, 3.8) is 0 Å². The zero-order valence-electron chi connectivity index (χ0n) is 8.74. The lowest BCUT2D eigenvalue weighted by molar-refractivity contribution is 0.405. The molecule has 0 aliphatic carbocycles. The van der Waals surface area contributed by atoms with E-state index in [0.717, 1.165) is 5.57 Å². The van der Waals surface area contributed by atoms with Crippen molar-refractivity contribution in [1.82, 2.24) is 8.61 Å². The predicted molar refractivity (Wildman–Crippen MR) is 54.7 cm³/mol. The monoisotopic (exact) mass is 206 g/mol. The quantitative estimate of drug-likeness (QED) is 0.621. The van der Waals surface area contributed by atoms with Gasteiger partial charge >= 0.3 is 0 Å². The van der Waals surface area contributed by atoms with E-state index in [-0.39, 0.29) is 0 Å². The van der Waals surface area contributed by atoms with Gasteiger partial charge in [0.1, 0.15) is 0 Å². The summed E-state index contributed by atoms with van der Waals surface area (Å²) in [5.41, 5.74) is 0.840. The molecular weight excluding hydrogens is 188 g/mol. The fraction of sp³-hybridized carbons (Fsp3) is 0.750. The summed E-state index contributed by atoms with van der Waals surface area (Å²) in [7, 11) is -0.230. The Kier molecular flexibility index (Phi) is 4.60. The summed E-state index contributed by atoms with van der Waals surface area (Å²) in [6.07, 6.45) is 0. The molecule has 0 saturated heterocycles. The first kappa shape index (κ1) is 12.6. The van der Waals surface area contributed by atoms with Gasteiger partial charge in [0.2, 0.25) is 0 Å². The van der Waals surface area contributed by atoms with Crippen LogP contribution in [0.5, 0.6) is 0 Å². The molecule has 0 aromatic carbocycles. The zero-order chi connectivity index (χ0) is 10.6. The molecule has 78 valence electrons. The fourth-order valence-electron chi connectivity index (χ4n) is 0.889. The Bertz CT molecular complexity index is 270. The van der Waals surface area contributed by atoms with Crippen LogP contribution in [0.25, 0.3) is 0 Å². The van der Waals surface area contributed by atoms with Crippen LogP contribution in [-0.4, -0.2) is 44.2 Å². The molecule has 0 spiro atoms. The first-order valence-corrected chi connectivity index (χ1v) is 5.54. The van der Waals surface area contributed by atoms with Gasteiger partial charge in [0, 0.05) is 27.2 Å². The summed E-state index contributed by atoms with van der Waals surface area (Å²) in [6, 6.07) is 0. The van der Waals surface area contributed by atoms with Crippen molar-refractivity contribution in [1.29, 1.82) is 0 Å². The van der Waals surface area contributed by atoms with Gasteiger partial charge in [-0.2, -0.15) is 17.0 Å². The normalized spacial score (nSPS) is 12.5. The van der Waals surface area contributed by atoms with Gasteiger partial charge in [-0.1, -0.05) is 19.1 Å². The van der Waals surface area contributed by atoms with E-state index in [2.05, 4.69) is 6.58 Å². The van der Waals surface area contributed by atoms with E-state index in [1.165, 1.54) is 22.7 Å². The minimum atomic E-state index is -3.28. The van der Waals surface area contributed by atoms with E-state index >= 15 is 0 Å². The summed E-state index contributed by atoms with van der Waals surface area (Å²) >= 11 is 0. The molecule has 0 atom stereocenters. The van der Waals surface area contributed by atoms with Gasteiger partial charge in [-0.15, -0.1) is 0 Å². The lowest BCUT2D eigenvalue weighted by atomic mass is 10.3. The molecule has 0 bridgehead atoms. The van der Waals surface area contributed by atoms with Crippen LogP contribution in [0.4, 0.5) is 0 Å². The molecule has 0 amide bonds. The molecule has 0 fully saturated rings. The van der Waals surface area contributed by atoms with E-state index in [9.17, 15) is 8.42 Å². The van der Waals surface area contributed by atoms with Crippen LogP contribution in [-0.2, 0) is 10.2 Å². The first-order chi connectivity index (χ1) is 5.82. The third-order valence-corrected chi connectivity index (χ3v) is 3.55. The fourth-order valence-corrected chi connectivity index (χ4v) is 2.06. The maximum atomic E-state index is 11.6. The molecule has 0 aromatic rings. The van der Waals surface area contributed by atoms with E-state index in [4.69, 9.17) is 0 Å². The molecule has 4 nitrogen and oxygen atoms in total. The highest BCUT2D eigenvalue weighted by Crippen LogP contribution is 2.06. The Morgan fingerprint density at radius 2 is 1.85 bits per heavy atom. The highest BCUT2D eigenvalue weighted by atomic mass is 32.2. The Balaban J connectivity index is 4.68. The molecule has 0 rings (SSSR count). The largest absolute Gasteiger partial charge is 0.281 e. The van der Waals surface area contributed by atoms with Crippen molar-refractivity contribution in [3.05, 3.63) is 12.2 Å². The van der Waals surface area contributed by atoms with Crippen molar-refractivity contribution in [2.45, 2.75) is 13.8 Å². The molecule has 0 unspecified atom stereocenters. The maximum absolute atomic E-state index is 11.6. The minimum Gasteiger partial charge on any atom is -0.195 e. The van der Waals surface area contributed by atoms with E-state index in [1.54, 1.807) is 0 Å². The van der Waals surface area contributed by atoms with Crippen molar-refractivity contribution in [3.8, 4) is 0 Å². The average molecular weight is 206 g/mol. The van der Waals surface area contributed by atoms with Crippen LogP contribution in [0.15, 0.2) is 12.2 Å². The Labute approximate surface area is 81.0 Å². The first-order valence-electron chi connectivity index (χ1n) is 4.14.